The molecule has 1 heterocycles. The molecule has 0 fully saturated rings. The van der Waals surface area contributed by atoms with Crippen molar-refractivity contribution in [1.82, 2.24) is 5.32 Å². The van der Waals surface area contributed by atoms with Gasteiger partial charge in [-0.25, -0.2) is 8.42 Å². The summed E-state index contributed by atoms with van der Waals surface area (Å²) in [7, 11) is -3.10. The van der Waals surface area contributed by atoms with Crippen molar-refractivity contribution in [3.8, 4) is 5.75 Å². The number of hydrogen-bond donors (Lipinski definition) is 1. The highest BCUT2D eigenvalue weighted by Gasteiger charge is 2.24. The Morgan fingerprint density at radius 3 is 2.83 bits per heavy atom. The van der Waals surface area contributed by atoms with E-state index in [1.807, 2.05) is 38.1 Å². The fraction of sp³-hybridized carbons (Fsp3) is 0.588. The first-order valence-corrected chi connectivity index (χ1v) is 9.88. The molecule has 0 aromatic heterocycles. The van der Waals surface area contributed by atoms with Gasteiger partial charge in [0.05, 0.1) is 18.1 Å². The van der Waals surface area contributed by atoms with Crippen LogP contribution in [0.1, 0.15) is 25.8 Å². The molecule has 2 rings (SSSR count). The van der Waals surface area contributed by atoms with Gasteiger partial charge in [0.1, 0.15) is 5.75 Å². The highest BCUT2D eigenvalue weighted by Crippen LogP contribution is 2.26. The van der Waals surface area contributed by atoms with E-state index in [-0.39, 0.29) is 35.8 Å². The van der Waals surface area contributed by atoms with Gasteiger partial charge in [0.15, 0.2) is 9.84 Å². The lowest BCUT2D eigenvalue weighted by Gasteiger charge is -2.14. The third-order valence-corrected chi connectivity index (χ3v) is 5.83. The van der Waals surface area contributed by atoms with Gasteiger partial charge in [-0.05, 0) is 30.4 Å². The Morgan fingerprint density at radius 1 is 1.35 bits per heavy atom. The number of amides is 1. The van der Waals surface area contributed by atoms with E-state index in [4.69, 9.17) is 4.74 Å². The molecular formula is C17H25NO4S. The summed E-state index contributed by atoms with van der Waals surface area (Å²) in [5.41, 5.74) is 1.03. The molecule has 0 saturated carbocycles. The number of carbonyl (C=O) groups excluding carboxylic acids is 1. The van der Waals surface area contributed by atoms with Gasteiger partial charge in [0.25, 0.3) is 0 Å². The van der Waals surface area contributed by atoms with Crippen LogP contribution in [0, 0.1) is 11.8 Å². The van der Waals surface area contributed by atoms with Crippen LogP contribution in [0.25, 0.3) is 0 Å². The second-order valence-corrected chi connectivity index (χ2v) is 8.67. The van der Waals surface area contributed by atoms with Gasteiger partial charge in [0.2, 0.25) is 5.91 Å². The van der Waals surface area contributed by atoms with Gasteiger partial charge < -0.3 is 10.1 Å². The van der Waals surface area contributed by atoms with Gasteiger partial charge in [0, 0.05) is 12.5 Å². The van der Waals surface area contributed by atoms with E-state index in [9.17, 15) is 13.2 Å². The summed E-state index contributed by atoms with van der Waals surface area (Å²) in [6.07, 6.45) is 1.26. The smallest absolute Gasteiger partial charge is 0.223 e. The molecule has 1 atom stereocenters. The molecule has 0 radical (unpaired) electrons. The molecule has 1 aliphatic heterocycles. The normalized spacial score (nSPS) is 18.0. The molecule has 1 aromatic carbocycles. The van der Waals surface area contributed by atoms with Gasteiger partial charge in [-0.15, -0.1) is 0 Å². The van der Waals surface area contributed by atoms with Crippen LogP contribution in [0.5, 0.6) is 5.75 Å². The Bertz CT molecular complexity index is 640. The Labute approximate surface area is 138 Å². The first kappa shape index (κ1) is 17.8. The summed E-state index contributed by atoms with van der Waals surface area (Å²) in [6, 6.07) is 7.72. The van der Waals surface area contributed by atoms with Gasteiger partial charge in [-0.3, -0.25) is 4.79 Å². The van der Waals surface area contributed by atoms with E-state index in [2.05, 4.69) is 5.32 Å². The van der Waals surface area contributed by atoms with Crippen molar-refractivity contribution >= 4 is 15.7 Å². The molecule has 5 nitrogen and oxygen atoms in total. The zero-order chi connectivity index (χ0) is 16.9. The molecule has 0 spiro atoms. The number of sulfone groups is 1. The Morgan fingerprint density at radius 2 is 2.09 bits per heavy atom. The van der Waals surface area contributed by atoms with Crippen LogP contribution in [0.2, 0.25) is 0 Å². The summed E-state index contributed by atoms with van der Waals surface area (Å²) < 4.78 is 29.3. The second kappa shape index (κ2) is 7.81. The van der Waals surface area contributed by atoms with Crippen LogP contribution in [0.15, 0.2) is 24.3 Å². The minimum atomic E-state index is -3.10. The second-order valence-electron chi connectivity index (χ2n) is 6.45. The monoisotopic (exact) mass is 339 g/mol. The first-order valence-electron chi connectivity index (χ1n) is 8.06. The maximum absolute atomic E-state index is 12.3. The van der Waals surface area contributed by atoms with Gasteiger partial charge in [-0.1, -0.05) is 32.0 Å². The van der Waals surface area contributed by atoms with E-state index in [1.54, 1.807) is 0 Å². The lowest BCUT2D eigenvalue weighted by Crippen LogP contribution is -2.36. The number of para-hydroxylation sites is 1. The molecule has 1 N–H and O–H groups in total. The molecule has 1 amide bonds. The van der Waals surface area contributed by atoms with E-state index >= 15 is 0 Å². The maximum atomic E-state index is 12.3. The van der Waals surface area contributed by atoms with Crippen LogP contribution >= 0.6 is 0 Å². The number of nitrogens with one attached hydrogen (secondary N) is 1. The zero-order valence-electron chi connectivity index (χ0n) is 13.7. The fourth-order valence-electron chi connectivity index (χ4n) is 2.78. The molecule has 1 aliphatic rings. The fourth-order valence-corrected chi connectivity index (χ4v) is 4.38. The highest BCUT2D eigenvalue weighted by atomic mass is 32.2. The van der Waals surface area contributed by atoms with Crippen LogP contribution in [0.4, 0.5) is 0 Å². The summed E-state index contributed by atoms with van der Waals surface area (Å²) in [6.45, 7) is 4.42. The first-order chi connectivity index (χ1) is 10.9. The number of ether oxygens (including phenoxy) is 1. The quantitative estimate of drug-likeness (QED) is 0.858. The minimum Gasteiger partial charge on any atom is -0.493 e. The maximum Gasteiger partial charge on any atom is 0.223 e. The number of rotatable bonds is 6. The van der Waals surface area contributed by atoms with Crippen molar-refractivity contribution in [1.29, 1.82) is 0 Å². The Hall–Kier alpha value is -1.56. The highest BCUT2D eigenvalue weighted by molar-refractivity contribution is 7.91. The van der Waals surface area contributed by atoms with E-state index in [0.717, 1.165) is 11.3 Å². The lowest BCUT2D eigenvalue weighted by atomic mass is 9.96. The molecular weight excluding hydrogens is 314 g/mol. The number of carbonyl (C=O) groups is 1. The van der Waals surface area contributed by atoms with Crippen LogP contribution in [-0.4, -0.2) is 39.0 Å². The van der Waals surface area contributed by atoms with Crippen molar-refractivity contribution in [3.63, 3.8) is 0 Å². The van der Waals surface area contributed by atoms with Crippen molar-refractivity contribution in [2.45, 2.75) is 26.7 Å². The summed E-state index contributed by atoms with van der Waals surface area (Å²) in [5, 5.41) is 2.77. The summed E-state index contributed by atoms with van der Waals surface area (Å²) in [5.74, 6) is 0.828. The molecule has 6 heteroatoms. The molecule has 0 unspecified atom stereocenters. The predicted octanol–water partition coefficient (Wildman–Crippen LogP) is 1.81. The van der Waals surface area contributed by atoms with Crippen LogP contribution < -0.4 is 10.1 Å². The van der Waals surface area contributed by atoms with Gasteiger partial charge >= 0.3 is 0 Å². The van der Waals surface area contributed by atoms with Gasteiger partial charge in [-0.2, -0.15) is 0 Å². The molecule has 128 valence electrons. The van der Waals surface area contributed by atoms with Crippen LogP contribution in [-0.2, 0) is 21.1 Å². The molecule has 0 aliphatic carbocycles. The third-order valence-electron chi connectivity index (χ3n) is 3.83. The standard InChI is InChI=1S/C17H25NO4S/c1-13(2)12-23(20,21)10-8-18-17(19)15-7-9-22-16-6-4-3-5-14(16)11-15/h3-6,13,15H,7-12H2,1-2H3,(H,18,19)/t15-/m1/s1. The average molecular weight is 339 g/mol. The molecule has 23 heavy (non-hydrogen) atoms. The van der Waals surface area contributed by atoms with E-state index in [1.165, 1.54) is 0 Å². The molecule has 0 saturated heterocycles. The van der Waals surface area contributed by atoms with Crippen molar-refractivity contribution in [2.75, 3.05) is 24.7 Å². The zero-order valence-corrected chi connectivity index (χ0v) is 14.6. The topological polar surface area (TPSA) is 72.5 Å². The number of fused-ring (bicyclic) bond motifs is 1. The van der Waals surface area contributed by atoms with E-state index in [0.29, 0.717) is 19.4 Å². The summed E-state index contributed by atoms with van der Waals surface area (Å²) in [4.78, 5) is 12.3. The Balaban J connectivity index is 1.87. The minimum absolute atomic E-state index is 0.00325. The predicted molar refractivity (Wildman–Crippen MR) is 90.2 cm³/mol. The van der Waals surface area contributed by atoms with Crippen molar-refractivity contribution in [2.24, 2.45) is 11.8 Å². The summed E-state index contributed by atoms with van der Waals surface area (Å²) >= 11 is 0. The largest absolute Gasteiger partial charge is 0.493 e. The Kier molecular flexibility index (Phi) is 6.04. The van der Waals surface area contributed by atoms with Crippen molar-refractivity contribution < 1.29 is 17.9 Å². The average Bonchev–Trinajstić information content (AvgIpc) is 2.67. The lowest BCUT2D eigenvalue weighted by molar-refractivity contribution is -0.125. The van der Waals surface area contributed by atoms with Crippen molar-refractivity contribution in [3.05, 3.63) is 29.8 Å². The number of hydrogen-bond acceptors (Lipinski definition) is 4. The molecule has 0 bridgehead atoms. The number of benzene rings is 1. The molecule has 1 aromatic rings. The third kappa shape index (κ3) is 5.53. The van der Waals surface area contributed by atoms with Crippen LogP contribution in [0.3, 0.4) is 0 Å². The van der Waals surface area contributed by atoms with E-state index < -0.39 is 9.84 Å². The SMILES string of the molecule is CC(C)CS(=O)(=O)CCNC(=O)[C@@H]1CCOc2ccccc2C1.